The van der Waals surface area contributed by atoms with Crippen molar-refractivity contribution in [2.24, 2.45) is 5.92 Å². The summed E-state index contributed by atoms with van der Waals surface area (Å²) < 4.78 is 0. The van der Waals surface area contributed by atoms with Gasteiger partial charge in [0, 0.05) is 26.2 Å². The largest absolute Gasteiger partial charge is 0.396 e. The van der Waals surface area contributed by atoms with Crippen LogP contribution >= 0.6 is 0 Å². The van der Waals surface area contributed by atoms with Crippen LogP contribution in [0.25, 0.3) is 0 Å². The molecule has 21 heavy (non-hydrogen) atoms. The lowest BCUT2D eigenvalue weighted by molar-refractivity contribution is -0.384. The van der Waals surface area contributed by atoms with Gasteiger partial charge in [-0.05, 0) is 25.2 Å². The summed E-state index contributed by atoms with van der Waals surface area (Å²) >= 11 is 0. The molecule has 116 valence electrons. The summed E-state index contributed by atoms with van der Waals surface area (Å²) in [5.74, 6) is 1.62. The zero-order valence-electron chi connectivity index (χ0n) is 12.3. The summed E-state index contributed by atoms with van der Waals surface area (Å²) in [4.78, 5) is 17.2. The first kappa shape index (κ1) is 15.5. The van der Waals surface area contributed by atoms with Crippen LogP contribution < -0.4 is 10.2 Å². The molecule has 0 aromatic carbocycles. The lowest BCUT2D eigenvalue weighted by Crippen LogP contribution is -2.21. The highest BCUT2D eigenvalue weighted by atomic mass is 16.6. The molecule has 2 heterocycles. The fraction of sp³-hybridized carbons (Fsp3) is 0.643. The van der Waals surface area contributed by atoms with Gasteiger partial charge >= 0.3 is 0 Å². The average Bonchev–Trinajstić information content (AvgIpc) is 2.94. The Balaban J connectivity index is 2.17. The SMILES string of the molecule is CCCNc1cc([N+](=O)[O-])cc(N2CCC(CCO)C2)n1. The summed E-state index contributed by atoms with van der Waals surface area (Å²) in [5.41, 5.74) is 0.0595. The summed E-state index contributed by atoms with van der Waals surface area (Å²) in [6.45, 7) is 4.57. The highest BCUT2D eigenvalue weighted by Crippen LogP contribution is 2.28. The Morgan fingerprint density at radius 3 is 3.05 bits per heavy atom. The Morgan fingerprint density at radius 2 is 2.38 bits per heavy atom. The molecule has 1 atom stereocenters. The molecule has 1 aromatic rings. The first-order chi connectivity index (χ1) is 10.1. The van der Waals surface area contributed by atoms with E-state index in [1.165, 1.54) is 12.1 Å². The van der Waals surface area contributed by atoms with Crippen molar-refractivity contribution in [1.82, 2.24) is 4.98 Å². The predicted octanol–water partition coefficient (Wildman–Crippen LogP) is 2.02. The highest BCUT2D eigenvalue weighted by molar-refractivity contribution is 5.56. The van der Waals surface area contributed by atoms with E-state index in [1.807, 2.05) is 6.92 Å². The molecule has 0 amide bonds. The summed E-state index contributed by atoms with van der Waals surface area (Å²) in [7, 11) is 0. The molecule has 7 heteroatoms. The third kappa shape index (κ3) is 4.04. The predicted molar refractivity (Wildman–Crippen MR) is 81.7 cm³/mol. The third-order valence-electron chi connectivity index (χ3n) is 3.71. The number of hydrogen-bond donors (Lipinski definition) is 2. The highest BCUT2D eigenvalue weighted by Gasteiger charge is 2.24. The summed E-state index contributed by atoms with van der Waals surface area (Å²) in [6, 6.07) is 3.00. The zero-order chi connectivity index (χ0) is 15.2. The van der Waals surface area contributed by atoms with Crippen LogP contribution in [-0.4, -0.2) is 41.3 Å². The van der Waals surface area contributed by atoms with E-state index >= 15 is 0 Å². The van der Waals surface area contributed by atoms with Crippen LogP contribution in [0.15, 0.2) is 12.1 Å². The number of hydrogen-bond acceptors (Lipinski definition) is 6. The van der Waals surface area contributed by atoms with Gasteiger partial charge in [0.15, 0.2) is 0 Å². The van der Waals surface area contributed by atoms with Crippen LogP contribution in [0, 0.1) is 16.0 Å². The standard InChI is InChI=1S/C14H22N4O3/c1-2-5-15-13-8-12(18(20)21)9-14(16-13)17-6-3-11(10-17)4-7-19/h8-9,11,19H,2-7,10H2,1H3,(H,15,16). The molecule has 0 radical (unpaired) electrons. The van der Waals surface area contributed by atoms with E-state index in [1.54, 1.807) is 0 Å². The number of anilines is 2. The molecule has 7 nitrogen and oxygen atoms in total. The number of aliphatic hydroxyl groups excluding tert-OH is 1. The number of aromatic nitrogens is 1. The van der Waals surface area contributed by atoms with E-state index in [0.717, 1.165) is 38.9 Å². The third-order valence-corrected chi connectivity index (χ3v) is 3.71. The average molecular weight is 294 g/mol. The molecule has 0 saturated carbocycles. The molecule has 0 aliphatic carbocycles. The van der Waals surface area contributed by atoms with Crippen molar-refractivity contribution in [3.8, 4) is 0 Å². The van der Waals surface area contributed by atoms with Crippen molar-refractivity contribution in [3.05, 3.63) is 22.2 Å². The van der Waals surface area contributed by atoms with Crippen LogP contribution in [0.1, 0.15) is 26.2 Å². The van der Waals surface area contributed by atoms with Gasteiger partial charge < -0.3 is 15.3 Å². The minimum Gasteiger partial charge on any atom is -0.396 e. The van der Waals surface area contributed by atoms with E-state index in [-0.39, 0.29) is 17.2 Å². The van der Waals surface area contributed by atoms with Crippen LogP contribution in [0.3, 0.4) is 0 Å². The number of nitrogens with zero attached hydrogens (tertiary/aromatic N) is 3. The normalized spacial score (nSPS) is 18.0. The van der Waals surface area contributed by atoms with Crippen molar-refractivity contribution in [3.63, 3.8) is 0 Å². The van der Waals surface area contributed by atoms with Crippen LogP contribution in [0.2, 0.25) is 0 Å². The van der Waals surface area contributed by atoms with E-state index in [0.29, 0.717) is 17.6 Å². The van der Waals surface area contributed by atoms with Gasteiger partial charge in [-0.1, -0.05) is 6.92 Å². The van der Waals surface area contributed by atoms with Gasteiger partial charge in [0.05, 0.1) is 17.1 Å². The van der Waals surface area contributed by atoms with Gasteiger partial charge in [-0.2, -0.15) is 0 Å². The van der Waals surface area contributed by atoms with Gasteiger partial charge in [0.25, 0.3) is 5.69 Å². The minimum atomic E-state index is -0.385. The smallest absolute Gasteiger partial charge is 0.276 e. The second kappa shape index (κ2) is 7.21. The molecule has 0 bridgehead atoms. The maximum absolute atomic E-state index is 11.1. The maximum Gasteiger partial charge on any atom is 0.276 e. The minimum absolute atomic E-state index is 0.0595. The number of pyridine rings is 1. The fourth-order valence-electron chi connectivity index (χ4n) is 2.57. The summed E-state index contributed by atoms with van der Waals surface area (Å²) in [5, 5.41) is 23.2. The molecule has 2 N–H and O–H groups in total. The van der Waals surface area contributed by atoms with Crippen molar-refractivity contribution in [2.45, 2.75) is 26.2 Å². The molecular weight excluding hydrogens is 272 g/mol. The molecule has 1 saturated heterocycles. The molecule has 1 unspecified atom stereocenters. The van der Waals surface area contributed by atoms with E-state index in [9.17, 15) is 10.1 Å². The molecule has 0 spiro atoms. The lowest BCUT2D eigenvalue weighted by Gasteiger charge is -2.18. The van der Waals surface area contributed by atoms with Crippen molar-refractivity contribution < 1.29 is 10.0 Å². The Hall–Kier alpha value is -1.89. The van der Waals surface area contributed by atoms with Crippen LogP contribution in [0.5, 0.6) is 0 Å². The Bertz CT molecular complexity index is 495. The molecule has 1 fully saturated rings. The quantitative estimate of drug-likeness (QED) is 0.590. The number of aliphatic hydroxyl groups is 1. The van der Waals surface area contributed by atoms with Crippen LogP contribution in [0.4, 0.5) is 17.3 Å². The van der Waals surface area contributed by atoms with Crippen molar-refractivity contribution in [1.29, 1.82) is 0 Å². The van der Waals surface area contributed by atoms with E-state index in [4.69, 9.17) is 5.11 Å². The van der Waals surface area contributed by atoms with Crippen molar-refractivity contribution >= 4 is 17.3 Å². The topological polar surface area (TPSA) is 91.5 Å². The number of nitro groups is 1. The van der Waals surface area contributed by atoms with Gasteiger partial charge in [-0.25, -0.2) is 4.98 Å². The number of rotatable bonds is 7. The first-order valence-electron chi connectivity index (χ1n) is 7.40. The van der Waals surface area contributed by atoms with Gasteiger partial charge in [-0.3, -0.25) is 10.1 Å². The van der Waals surface area contributed by atoms with Crippen molar-refractivity contribution in [2.75, 3.05) is 36.5 Å². The molecule has 2 rings (SSSR count). The number of nitrogens with one attached hydrogen (secondary N) is 1. The Labute approximate surface area is 124 Å². The van der Waals surface area contributed by atoms with E-state index in [2.05, 4.69) is 15.2 Å². The lowest BCUT2D eigenvalue weighted by atomic mass is 10.1. The summed E-state index contributed by atoms with van der Waals surface area (Å²) in [6.07, 6.45) is 2.69. The Morgan fingerprint density at radius 1 is 1.57 bits per heavy atom. The maximum atomic E-state index is 11.1. The second-order valence-corrected chi connectivity index (χ2v) is 5.37. The molecule has 1 aliphatic rings. The molecular formula is C14H22N4O3. The molecule has 1 aliphatic heterocycles. The Kier molecular flexibility index (Phi) is 5.32. The van der Waals surface area contributed by atoms with E-state index < -0.39 is 0 Å². The second-order valence-electron chi connectivity index (χ2n) is 5.37. The van der Waals surface area contributed by atoms with Gasteiger partial charge in [0.2, 0.25) is 0 Å². The fourth-order valence-corrected chi connectivity index (χ4v) is 2.57. The zero-order valence-corrected chi connectivity index (χ0v) is 12.3. The first-order valence-corrected chi connectivity index (χ1v) is 7.40. The molecule has 1 aromatic heterocycles. The van der Waals surface area contributed by atoms with Gasteiger partial charge in [-0.15, -0.1) is 0 Å². The monoisotopic (exact) mass is 294 g/mol. The van der Waals surface area contributed by atoms with Crippen LogP contribution in [-0.2, 0) is 0 Å². The van der Waals surface area contributed by atoms with Gasteiger partial charge in [0.1, 0.15) is 11.6 Å².